The monoisotopic (exact) mass is 310 g/mol. The van der Waals surface area contributed by atoms with Gasteiger partial charge in [-0.1, -0.05) is 0 Å². The molecule has 0 fully saturated rings. The second kappa shape index (κ2) is 6.98. The molecule has 0 aromatic heterocycles. The maximum absolute atomic E-state index is 11.3. The molecule has 0 aromatic carbocycles. The molecule has 0 aliphatic rings. The minimum Gasteiger partial charge on any atom is -0.830 e. The molecule has 0 radical (unpaired) electrons. The second-order valence-electron chi connectivity index (χ2n) is 2.42. The van der Waals surface area contributed by atoms with E-state index in [0.29, 0.717) is 0 Å². The number of halogens is 12. The van der Waals surface area contributed by atoms with Crippen molar-refractivity contribution in [2.75, 3.05) is 0 Å². The molecule has 0 spiro atoms. The maximum atomic E-state index is 11.3. The molecule has 110 valence electrons. The van der Waals surface area contributed by atoms with Crippen LogP contribution in [0.5, 0.6) is 0 Å². The van der Waals surface area contributed by atoms with Crippen LogP contribution >= 0.6 is 0 Å². The van der Waals surface area contributed by atoms with Crippen molar-refractivity contribution in [1.82, 2.24) is 0 Å². The fourth-order valence-electron chi connectivity index (χ4n) is 0.482. The van der Waals surface area contributed by atoms with Crippen molar-refractivity contribution in [3.63, 3.8) is 0 Å². The zero-order chi connectivity index (χ0) is 15.6. The third-order valence-corrected chi connectivity index (χ3v) is 1.20. The van der Waals surface area contributed by atoms with Gasteiger partial charge in [-0.25, -0.2) is 0 Å². The second-order valence-corrected chi connectivity index (χ2v) is 2.42. The van der Waals surface area contributed by atoms with E-state index in [4.69, 9.17) is 0 Å². The first-order chi connectivity index (χ1) is 7.48. The van der Waals surface area contributed by atoms with Gasteiger partial charge >= 0.3 is 44.9 Å². The third-order valence-electron chi connectivity index (χ3n) is 1.20. The molecule has 0 rings (SSSR count). The minimum atomic E-state index is -6.98. The van der Waals surface area contributed by atoms with E-state index in [-0.39, 0.29) is 18.9 Å². The van der Waals surface area contributed by atoms with E-state index >= 15 is 0 Å². The normalized spacial score (nSPS) is 13.1. The molecule has 0 saturated carbocycles. The van der Waals surface area contributed by atoms with Gasteiger partial charge in [-0.05, 0) is 0 Å². The van der Waals surface area contributed by atoms with Crippen molar-refractivity contribution >= 4 is 7.54 Å². The van der Waals surface area contributed by atoms with Gasteiger partial charge in [0, 0.05) is 0 Å². The van der Waals surface area contributed by atoms with E-state index < -0.39 is 31.7 Å². The molecule has 0 aromatic rings. The quantitative estimate of drug-likeness (QED) is 0.443. The van der Waals surface area contributed by atoms with Gasteiger partial charge in [0.15, 0.2) is 5.60 Å². The van der Waals surface area contributed by atoms with E-state index in [9.17, 15) is 57.6 Å². The molecule has 0 unspecified atom stereocenters. The Balaban J connectivity index is -0.000000448. The summed E-state index contributed by atoms with van der Waals surface area (Å²) in [5.41, 5.74) is -6.94. The zero-order valence-corrected chi connectivity index (χ0v) is 8.52. The summed E-state index contributed by atoms with van der Waals surface area (Å²) in [5, 5.41) is 9.79. The van der Waals surface area contributed by atoms with Gasteiger partial charge in [-0.3, -0.25) is 12.9 Å². The van der Waals surface area contributed by atoms with E-state index in [0.717, 1.165) is 0 Å². The van der Waals surface area contributed by atoms with Crippen molar-refractivity contribution in [3.05, 3.63) is 0 Å². The summed E-state index contributed by atoms with van der Waals surface area (Å²) in [5.74, 6) is 0. The van der Waals surface area contributed by atoms with Crippen LogP contribution in [0.15, 0.2) is 0 Å². The Morgan fingerprint density at radius 1 is 0.579 bits per heavy atom. The average Bonchev–Trinajstić information content (AvgIpc) is 1.94. The molecule has 19 heavy (non-hydrogen) atoms. The molecule has 0 N–H and O–H groups in total. The summed E-state index contributed by atoms with van der Waals surface area (Å²) >= 11 is 0. The van der Waals surface area contributed by atoms with Gasteiger partial charge in [0.2, 0.25) is 0 Å². The largest absolute Gasteiger partial charge is 1.00 e. The molecular weight excluding hydrogens is 310 g/mol. The molecule has 0 aliphatic heterocycles. The predicted octanol–water partition coefficient (Wildman–Crippen LogP) is -0.344. The van der Waals surface area contributed by atoms with E-state index in [1.54, 1.807) is 0 Å². The van der Waals surface area contributed by atoms with Crippen LogP contribution in [0.4, 0.5) is 52.5 Å². The fraction of sp³-hybridized carbons (Fsp3) is 1.00. The maximum Gasteiger partial charge on any atom is 1.00 e. The van der Waals surface area contributed by atoms with Crippen molar-refractivity contribution in [2.24, 2.45) is 0 Å². The number of hydrogen-bond acceptors (Lipinski definition) is 1. The van der Waals surface area contributed by atoms with Crippen LogP contribution in [0, 0.1) is 0 Å². The van der Waals surface area contributed by atoms with Crippen LogP contribution in [0.2, 0.25) is 0 Å². The van der Waals surface area contributed by atoms with Gasteiger partial charge < -0.3 is 5.11 Å². The summed E-state index contributed by atoms with van der Waals surface area (Å²) in [6.07, 6.45) is -20.9. The molecule has 0 atom stereocenters. The SMILES string of the molecule is FB(F)F.[Li+].[O-]C(C(F)(F)F)(C(F)(F)F)C(F)(F)F. The molecule has 1 nitrogen and oxygen atoms in total. The van der Waals surface area contributed by atoms with Crippen LogP contribution in [0.25, 0.3) is 0 Å². The number of hydrogen-bond donors (Lipinski definition) is 0. The molecule has 0 aliphatic carbocycles. The van der Waals surface area contributed by atoms with Gasteiger partial charge in [0.25, 0.3) is 0 Å². The predicted molar refractivity (Wildman–Crippen MR) is 30.0 cm³/mol. The Morgan fingerprint density at radius 2 is 0.684 bits per heavy atom. The van der Waals surface area contributed by atoms with E-state index in [1.807, 2.05) is 0 Å². The number of rotatable bonds is 0. The van der Waals surface area contributed by atoms with Crippen LogP contribution in [0.3, 0.4) is 0 Å². The molecule has 0 heterocycles. The summed E-state index contributed by atoms with van der Waals surface area (Å²) < 4.78 is 131. The average molecular weight is 310 g/mol. The molecule has 0 amide bonds. The Hall–Kier alpha value is -0.218. The Labute approximate surface area is 109 Å². The van der Waals surface area contributed by atoms with Crippen molar-refractivity contribution in [3.8, 4) is 0 Å². The first-order valence-corrected chi connectivity index (χ1v) is 3.31. The fourth-order valence-corrected chi connectivity index (χ4v) is 0.482. The minimum absolute atomic E-state index is 0. The standard InChI is InChI=1S/C4F9O.BF3.Li/c5-2(6,7)1(14,3(8,9)10)4(11,12)13;2-1(3)4;/q-1;;+1. The Kier molecular flexibility index (Phi) is 8.76. The van der Waals surface area contributed by atoms with Gasteiger partial charge in [0.05, 0.1) is 0 Å². The molecule has 0 saturated heterocycles. The topological polar surface area (TPSA) is 23.1 Å². The van der Waals surface area contributed by atoms with Crippen LogP contribution in [-0.4, -0.2) is 31.7 Å². The van der Waals surface area contributed by atoms with E-state index in [2.05, 4.69) is 0 Å². The Bertz CT molecular complexity index is 215. The molecule has 0 bridgehead atoms. The Morgan fingerprint density at radius 3 is 0.684 bits per heavy atom. The van der Waals surface area contributed by atoms with Crippen LogP contribution < -0.4 is 24.0 Å². The van der Waals surface area contributed by atoms with Gasteiger partial charge in [-0.15, -0.1) is 0 Å². The first kappa shape index (κ1) is 23.8. The smallest absolute Gasteiger partial charge is 0.830 e. The van der Waals surface area contributed by atoms with Gasteiger partial charge in [-0.2, -0.15) is 39.5 Å². The summed E-state index contributed by atoms with van der Waals surface area (Å²) in [6.45, 7) is 0. The van der Waals surface area contributed by atoms with Crippen molar-refractivity contribution < 1.29 is 76.4 Å². The summed E-state index contributed by atoms with van der Waals surface area (Å²) in [6, 6.07) is 0. The number of alkyl halides is 9. The zero-order valence-electron chi connectivity index (χ0n) is 8.52. The van der Waals surface area contributed by atoms with E-state index in [1.165, 1.54) is 0 Å². The van der Waals surface area contributed by atoms with Crippen molar-refractivity contribution in [2.45, 2.75) is 24.1 Å². The molecule has 15 heteroatoms. The van der Waals surface area contributed by atoms with Crippen LogP contribution in [-0.2, 0) is 0 Å². The summed E-state index contributed by atoms with van der Waals surface area (Å²) in [7, 11) is -3.67. The summed E-state index contributed by atoms with van der Waals surface area (Å²) in [4.78, 5) is 0. The van der Waals surface area contributed by atoms with Gasteiger partial charge in [0.1, 0.15) is 0 Å². The van der Waals surface area contributed by atoms with Crippen LogP contribution in [0.1, 0.15) is 0 Å². The first-order valence-electron chi connectivity index (χ1n) is 3.31. The molecular formula is C4BF12LiO. The third kappa shape index (κ3) is 6.17. The van der Waals surface area contributed by atoms with Crippen molar-refractivity contribution in [1.29, 1.82) is 0 Å².